The third-order valence-electron chi connectivity index (χ3n) is 3.80. The molecule has 1 aromatic carbocycles. The molecule has 0 saturated carbocycles. The van der Waals surface area contributed by atoms with Gasteiger partial charge in [-0.3, -0.25) is 9.78 Å². The predicted molar refractivity (Wildman–Crippen MR) is 91.9 cm³/mol. The van der Waals surface area contributed by atoms with Gasteiger partial charge in [0.25, 0.3) is 0 Å². The van der Waals surface area contributed by atoms with Gasteiger partial charge in [0, 0.05) is 30.2 Å². The van der Waals surface area contributed by atoms with Crippen molar-refractivity contribution in [3.05, 3.63) is 30.5 Å². The van der Waals surface area contributed by atoms with E-state index in [1.807, 2.05) is 24.3 Å². The van der Waals surface area contributed by atoms with Crippen LogP contribution in [0.5, 0.6) is 5.75 Å². The molecule has 2 aromatic rings. The topological polar surface area (TPSA) is 60.5 Å². The zero-order chi connectivity index (χ0) is 16.5. The fraction of sp³-hybridized carbons (Fsp3) is 0.444. The first-order valence-electron chi connectivity index (χ1n) is 7.98. The molecule has 5 nitrogen and oxygen atoms in total. The summed E-state index contributed by atoms with van der Waals surface area (Å²) < 4.78 is 9.98. The monoisotopic (exact) mass is 316 g/mol. The van der Waals surface area contributed by atoms with Crippen LogP contribution in [0, 0.1) is 0 Å². The Hall–Kier alpha value is -2.30. The van der Waals surface area contributed by atoms with E-state index >= 15 is 0 Å². The van der Waals surface area contributed by atoms with Crippen molar-refractivity contribution in [3.8, 4) is 5.75 Å². The summed E-state index contributed by atoms with van der Waals surface area (Å²) in [6.45, 7) is 0.897. The number of hydrogen-bond donors (Lipinski definition) is 1. The van der Waals surface area contributed by atoms with Gasteiger partial charge < -0.3 is 14.8 Å². The van der Waals surface area contributed by atoms with Gasteiger partial charge in [-0.05, 0) is 25.0 Å². The highest BCUT2D eigenvalue weighted by molar-refractivity contribution is 5.94. The van der Waals surface area contributed by atoms with Crippen molar-refractivity contribution in [2.24, 2.45) is 0 Å². The summed E-state index contributed by atoms with van der Waals surface area (Å²) in [7, 11) is 3.09. The smallest absolute Gasteiger partial charge is 0.305 e. The van der Waals surface area contributed by atoms with Crippen LogP contribution < -0.4 is 10.1 Å². The number of pyridine rings is 1. The number of rotatable bonds is 9. The van der Waals surface area contributed by atoms with Gasteiger partial charge in [-0.15, -0.1) is 0 Å². The average molecular weight is 316 g/mol. The van der Waals surface area contributed by atoms with Gasteiger partial charge in [-0.25, -0.2) is 0 Å². The van der Waals surface area contributed by atoms with Crippen molar-refractivity contribution in [3.63, 3.8) is 0 Å². The van der Waals surface area contributed by atoms with Crippen LogP contribution in [0.2, 0.25) is 0 Å². The lowest BCUT2D eigenvalue weighted by atomic mass is 10.1. The van der Waals surface area contributed by atoms with Crippen LogP contribution >= 0.6 is 0 Å². The van der Waals surface area contributed by atoms with E-state index < -0.39 is 0 Å². The van der Waals surface area contributed by atoms with Crippen molar-refractivity contribution in [1.82, 2.24) is 4.98 Å². The Balaban J connectivity index is 1.80. The van der Waals surface area contributed by atoms with Gasteiger partial charge in [0.15, 0.2) is 0 Å². The minimum atomic E-state index is -0.125. The molecule has 5 heteroatoms. The fourth-order valence-corrected chi connectivity index (χ4v) is 2.54. The number of benzene rings is 1. The maximum atomic E-state index is 11.0. The highest BCUT2D eigenvalue weighted by atomic mass is 16.5. The molecule has 0 fully saturated rings. The summed E-state index contributed by atoms with van der Waals surface area (Å²) in [4.78, 5) is 15.4. The van der Waals surface area contributed by atoms with Gasteiger partial charge in [-0.1, -0.05) is 25.0 Å². The van der Waals surface area contributed by atoms with Gasteiger partial charge in [0.05, 0.1) is 14.2 Å². The summed E-state index contributed by atoms with van der Waals surface area (Å²) >= 11 is 0. The van der Waals surface area contributed by atoms with E-state index in [1.165, 1.54) is 7.11 Å². The molecule has 0 bridgehead atoms. The number of ether oxygens (including phenoxy) is 2. The molecular formula is C18H24N2O3. The quantitative estimate of drug-likeness (QED) is 0.563. The molecule has 0 aliphatic carbocycles. The predicted octanol–water partition coefficient (Wildman–Crippen LogP) is 3.78. The molecule has 1 heterocycles. The maximum absolute atomic E-state index is 11.0. The molecule has 124 valence electrons. The molecule has 0 aliphatic heterocycles. The summed E-state index contributed by atoms with van der Waals surface area (Å²) in [6.07, 6.45) is 6.40. The first-order chi connectivity index (χ1) is 11.3. The summed E-state index contributed by atoms with van der Waals surface area (Å²) in [5.41, 5.74) is 1.95. The molecule has 0 radical (unpaired) electrons. The number of hydrogen-bond acceptors (Lipinski definition) is 5. The Morgan fingerprint density at radius 1 is 1.13 bits per heavy atom. The standard InChI is InChI=1S/C18H24N2O3/c1-22-16-9-7-8-14-15(11-13-20-18(14)16)19-12-6-4-3-5-10-17(21)23-2/h7-9,11,13H,3-6,10,12H2,1-2H3,(H,19,20). The van der Waals surface area contributed by atoms with Crippen molar-refractivity contribution in [1.29, 1.82) is 0 Å². The molecule has 2 rings (SSSR count). The first-order valence-corrected chi connectivity index (χ1v) is 7.98. The van der Waals surface area contributed by atoms with Crippen molar-refractivity contribution in [2.45, 2.75) is 32.1 Å². The normalized spacial score (nSPS) is 10.5. The number of aromatic nitrogens is 1. The fourth-order valence-electron chi connectivity index (χ4n) is 2.54. The summed E-state index contributed by atoms with van der Waals surface area (Å²) in [6, 6.07) is 7.92. The van der Waals surface area contributed by atoms with Crippen LogP contribution in [0.3, 0.4) is 0 Å². The lowest BCUT2D eigenvalue weighted by Gasteiger charge is -2.11. The minimum absolute atomic E-state index is 0.125. The number of nitrogens with zero attached hydrogens (tertiary/aromatic N) is 1. The Kier molecular flexibility index (Phi) is 6.66. The highest BCUT2D eigenvalue weighted by Gasteiger charge is 2.06. The molecule has 0 unspecified atom stereocenters. The summed E-state index contributed by atoms with van der Waals surface area (Å²) in [5.74, 6) is 0.661. The Morgan fingerprint density at radius 3 is 2.74 bits per heavy atom. The van der Waals surface area contributed by atoms with E-state index in [0.717, 1.165) is 54.6 Å². The Labute approximate surface area is 137 Å². The van der Waals surface area contributed by atoms with Gasteiger partial charge >= 0.3 is 5.97 Å². The number of unbranched alkanes of at least 4 members (excludes halogenated alkanes) is 3. The number of para-hydroxylation sites is 1. The molecule has 1 aromatic heterocycles. The second kappa shape index (κ2) is 8.98. The van der Waals surface area contributed by atoms with Crippen LogP contribution in [0.25, 0.3) is 10.9 Å². The minimum Gasteiger partial charge on any atom is -0.494 e. The Morgan fingerprint density at radius 2 is 1.96 bits per heavy atom. The van der Waals surface area contributed by atoms with E-state index in [0.29, 0.717) is 6.42 Å². The van der Waals surface area contributed by atoms with Crippen molar-refractivity contribution < 1.29 is 14.3 Å². The number of methoxy groups -OCH3 is 2. The first kappa shape index (κ1) is 17.1. The van der Waals surface area contributed by atoms with Crippen LogP contribution in [0.1, 0.15) is 32.1 Å². The van der Waals surface area contributed by atoms with E-state index in [4.69, 9.17) is 4.74 Å². The highest BCUT2D eigenvalue weighted by Crippen LogP contribution is 2.28. The zero-order valence-electron chi connectivity index (χ0n) is 13.8. The van der Waals surface area contributed by atoms with Crippen LogP contribution in [-0.2, 0) is 9.53 Å². The number of anilines is 1. The molecule has 0 amide bonds. The molecular weight excluding hydrogens is 292 g/mol. The number of esters is 1. The summed E-state index contributed by atoms with van der Waals surface area (Å²) in [5, 5.41) is 4.53. The van der Waals surface area contributed by atoms with Gasteiger partial charge in [0.1, 0.15) is 11.3 Å². The molecule has 0 saturated heterocycles. The average Bonchev–Trinajstić information content (AvgIpc) is 2.60. The second-order valence-corrected chi connectivity index (χ2v) is 5.38. The van der Waals surface area contributed by atoms with E-state index in [1.54, 1.807) is 13.3 Å². The van der Waals surface area contributed by atoms with E-state index in [9.17, 15) is 4.79 Å². The van der Waals surface area contributed by atoms with E-state index in [-0.39, 0.29) is 5.97 Å². The number of carbonyl (C=O) groups is 1. The van der Waals surface area contributed by atoms with Crippen molar-refractivity contribution >= 4 is 22.6 Å². The lowest BCUT2D eigenvalue weighted by molar-refractivity contribution is -0.140. The third-order valence-corrected chi connectivity index (χ3v) is 3.80. The van der Waals surface area contributed by atoms with Crippen LogP contribution in [0.15, 0.2) is 30.5 Å². The van der Waals surface area contributed by atoms with Gasteiger partial charge in [-0.2, -0.15) is 0 Å². The van der Waals surface area contributed by atoms with Gasteiger partial charge in [0.2, 0.25) is 0 Å². The van der Waals surface area contributed by atoms with Crippen LogP contribution in [0.4, 0.5) is 5.69 Å². The molecule has 0 spiro atoms. The lowest BCUT2D eigenvalue weighted by Crippen LogP contribution is -2.03. The number of carbonyl (C=O) groups excluding carboxylic acids is 1. The molecule has 1 N–H and O–H groups in total. The molecule has 0 atom stereocenters. The molecule has 23 heavy (non-hydrogen) atoms. The third kappa shape index (κ3) is 4.84. The number of nitrogens with one attached hydrogen (secondary N) is 1. The largest absolute Gasteiger partial charge is 0.494 e. The molecule has 0 aliphatic rings. The number of fused-ring (bicyclic) bond motifs is 1. The Bertz CT molecular complexity index is 643. The van der Waals surface area contributed by atoms with E-state index in [2.05, 4.69) is 15.0 Å². The van der Waals surface area contributed by atoms with Crippen LogP contribution in [-0.4, -0.2) is 31.7 Å². The maximum Gasteiger partial charge on any atom is 0.305 e. The van der Waals surface area contributed by atoms with Crippen molar-refractivity contribution in [2.75, 3.05) is 26.1 Å². The second-order valence-electron chi connectivity index (χ2n) is 5.38. The zero-order valence-corrected chi connectivity index (χ0v) is 13.8. The SMILES string of the molecule is COC(=O)CCCCCCNc1ccnc2c(OC)cccc12.